The van der Waals surface area contributed by atoms with E-state index < -0.39 is 0 Å². The molecule has 1 unspecified atom stereocenters. The van der Waals surface area contributed by atoms with Crippen LogP contribution in [0.1, 0.15) is 37.8 Å². The fourth-order valence-electron chi connectivity index (χ4n) is 4.65. The standard InChI is InChI=1S/C22H24N6/c1-2-5-16(20-17-6-3-4-7-19(17)24-13-25-20)15-9-11-28(12-15)22-18-8-10-23-21(18)26-14-27-22/h3-4,6-8,10,13-16H,2,5,9,11-12H2,1H3,(H,23,26,27)/t15-,16?/m1/s1. The van der Waals surface area contributed by atoms with Crippen LogP contribution in [0, 0.1) is 5.92 Å². The van der Waals surface area contributed by atoms with Crippen LogP contribution in [0.15, 0.2) is 49.2 Å². The van der Waals surface area contributed by atoms with Gasteiger partial charge in [0.05, 0.1) is 16.6 Å². The Morgan fingerprint density at radius 2 is 1.96 bits per heavy atom. The molecule has 0 spiro atoms. The minimum atomic E-state index is 0.437. The van der Waals surface area contributed by atoms with Crippen molar-refractivity contribution >= 4 is 27.8 Å². The Labute approximate surface area is 164 Å². The summed E-state index contributed by atoms with van der Waals surface area (Å²) < 4.78 is 0. The second-order valence-corrected chi connectivity index (χ2v) is 7.60. The maximum Gasteiger partial charge on any atom is 0.142 e. The molecular formula is C22H24N6. The number of nitrogens with one attached hydrogen (secondary N) is 1. The molecule has 3 aromatic heterocycles. The summed E-state index contributed by atoms with van der Waals surface area (Å²) in [7, 11) is 0. The van der Waals surface area contributed by atoms with E-state index in [2.05, 4.69) is 56.0 Å². The highest BCUT2D eigenvalue weighted by Crippen LogP contribution is 2.39. The Morgan fingerprint density at radius 3 is 2.89 bits per heavy atom. The fourth-order valence-corrected chi connectivity index (χ4v) is 4.65. The number of benzene rings is 1. The zero-order chi connectivity index (χ0) is 18.9. The molecule has 0 saturated carbocycles. The minimum Gasteiger partial charge on any atom is -0.356 e. The normalized spacial score (nSPS) is 18.2. The van der Waals surface area contributed by atoms with E-state index in [-0.39, 0.29) is 0 Å². The third-order valence-corrected chi connectivity index (χ3v) is 5.95. The topological polar surface area (TPSA) is 70.6 Å². The van der Waals surface area contributed by atoms with Crippen molar-refractivity contribution in [2.24, 2.45) is 5.92 Å². The lowest BCUT2D eigenvalue weighted by molar-refractivity contribution is 0.426. The molecule has 1 saturated heterocycles. The van der Waals surface area contributed by atoms with Crippen LogP contribution in [0.3, 0.4) is 0 Å². The molecule has 1 fully saturated rings. The molecule has 4 aromatic rings. The Kier molecular flexibility index (Phi) is 4.39. The summed E-state index contributed by atoms with van der Waals surface area (Å²) in [5.41, 5.74) is 3.14. The van der Waals surface area contributed by atoms with Gasteiger partial charge in [0, 0.05) is 30.6 Å². The molecule has 2 atom stereocenters. The van der Waals surface area contributed by atoms with Crippen LogP contribution in [0.2, 0.25) is 0 Å². The first-order chi connectivity index (χ1) is 13.8. The fraction of sp³-hybridized carbons (Fsp3) is 0.364. The van der Waals surface area contributed by atoms with Crippen LogP contribution in [-0.2, 0) is 0 Å². The van der Waals surface area contributed by atoms with E-state index in [1.54, 1.807) is 12.7 Å². The van der Waals surface area contributed by atoms with Gasteiger partial charge < -0.3 is 9.88 Å². The molecule has 0 bridgehead atoms. The highest BCUT2D eigenvalue weighted by atomic mass is 15.2. The van der Waals surface area contributed by atoms with Gasteiger partial charge in [-0.15, -0.1) is 0 Å². The van der Waals surface area contributed by atoms with Gasteiger partial charge in [-0.05, 0) is 30.9 Å². The third kappa shape index (κ3) is 2.89. The molecule has 6 heteroatoms. The van der Waals surface area contributed by atoms with E-state index >= 15 is 0 Å². The molecule has 1 aromatic carbocycles. The Balaban J connectivity index is 1.48. The number of aromatic nitrogens is 5. The average Bonchev–Trinajstić information content (AvgIpc) is 3.41. The van der Waals surface area contributed by atoms with E-state index in [0.29, 0.717) is 11.8 Å². The largest absolute Gasteiger partial charge is 0.356 e. The van der Waals surface area contributed by atoms with Crippen molar-refractivity contribution < 1.29 is 0 Å². The number of fused-ring (bicyclic) bond motifs is 2. The molecule has 0 radical (unpaired) electrons. The molecule has 142 valence electrons. The van der Waals surface area contributed by atoms with E-state index in [1.807, 2.05) is 12.3 Å². The lowest BCUT2D eigenvalue weighted by atomic mass is 9.83. The van der Waals surface area contributed by atoms with Gasteiger partial charge in [-0.3, -0.25) is 0 Å². The number of nitrogens with zero attached hydrogens (tertiary/aromatic N) is 5. The van der Waals surface area contributed by atoms with Gasteiger partial charge in [0.1, 0.15) is 24.1 Å². The summed E-state index contributed by atoms with van der Waals surface area (Å²) in [4.78, 5) is 23.7. The van der Waals surface area contributed by atoms with E-state index in [1.165, 1.54) is 11.1 Å². The number of hydrogen-bond acceptors (Lipinski definition) is 5. The predicted octanol–water partition coefficient (Wildman–Crippen LogP) is 4.31. The predicted molar refractivity (Wildman–Crippen MR) is 111 cm³/mol. The molecule has 1 aliphatic rings. The molecule has 6 nitrogen and oxygen atoms in total. The number of rotatable bonds is 5. The van der Waals surface area contributed by atoms with Crippen molar-refractivity contribution in [2.75, 3.05) is 18.0 Å². The Bertz CT molecular complexity index is 1100. The van der Waals surface area contributed by atoms with Crippen LogP contribution >= 0.6 is 0 Å². The maximum absolute atomic E-state index is 4.75. The Hall–Kier alpha value is -3.02. The van der Waals surface area contributed by atoms with Crippen molar-refractivity contribution in [3.05, 3.63) is 54.9 Å². The molecular weight excluding hydrogens is 348 g/mol. The van der Waals surface area contributed by atoms with Gasteiger partial charge in [-0.2, -0.15) is 0 Å². The summed E-state index contributed by atoms with van der Waals surface area (Å²) in [5, 5.41) is 2.29. The second kappa shape index (κ2) is 7.19. The number of H-pyrrole nitrogens is 1. The first-order valence-electron chi connectivity index (χ1n) is 10.1. The van der Waals surface area contributed by atoms with Gasteiger partial charge in [0.2, 0.25) is 0 Å². The smallest absolute Gasteiger partial charge is 0.142 e. The van der Waals surface area contributed by atoms with Crippen LogP contribution < -0.4 is 4.90 Å². The molecule has 5 rings (SSSR count). The first-order valence-corrected chi connectivity index (χ1v) is 10.1. The van der Waals surface area contributed by atoms with Gasteiger partial charge in [0.25, 0.3) is 0 Å². The quantitative estimate of drug-likeness (QED) is 0.565. The van der Waals surface area contributed by atoms with Crippen LogP contribution in [0.4, 0.5) is 5.82 Å². The summed E-state index contributed by atoms with van der Waals surface area (Å²) in [6, 6.07) is 10.4. The molecule has 28 heavy (non-hydrogen) atoms. The van der Waals surface area contributed by atoms with Crippen molar-refractivity contribution in [3.8, 4) is 0 Å². The number of anilines is 1. The van der Waals surface area contributed by atoms with Gasteiger partial charge in [0.15, 0.2) is 0 Å². The van der Waals surface area contributed by atoms with Crippen molar-refractivity contribution in [3.63, 3.8) is 0 Å². The zero-order valence-corrected chi connectivity index (χ0v) is 16.0. The second-order valence-electron chi connectivity index (χ2n) is 7.60. The number of aromatic amines is 1. The highest BCUT2D eigenvalue weighted by Gasteiger charge is 2.33. The molecule has 1 N–H and O–H groups in total. The van der Waals surface area contributed by atoms with Gasteiger partial charge in [-0.25, -0.2) is 19.9 Å². The maximum atomic E-state index is 4.75. The zero-order valence-electron chi connectivity index (χ0n) is 16.0. The van der Waals surface area contributed by atoms with Crippen LogP contribution in [0.5, 0.6) is 0 Å². The van der Waals surface area contributed by atoms with Crippen molar-refractivity contribution in [2.45, 2.75) is 32.1 Å². The monoisotopic (exact) mass is 372 g/mol. The molecule has 0 amide bonds. The van der Waals surface area contributed by atoms with Crippen molar-refractivity contribution in [1.82, 2.24) is 24.9 Å². The summed E-state index contributed by atoms with van der Waals surface area (Å²) in [6.45, 7) is 4.28. The first kappa shape index (κ1) is 17.1. The summed E-state index contributed by atoms with van der Waals surface area (Å²) in [6.07, 6.45) is 8.75. The summed E-state index contributed by atoms with van der Waals surface area (Å²) >= 11 is 0. The van der Waals surface area contributed by atoms with E-state index in [4.69, 9.17) is 4.98 Å². The van der Waals surface area contributed by atoms with Gasteiger partial charge in [-0.1, -0.05) is 31.5 Å². The minimum absolute atomic E-state index is 0.437. The summed E-state index contributed by atoms with van der Waals surface area (Å²) in [5.74, 6) is 2.03. The lowest BCUT2D eigenvalue weighted by Gasteiger charge is -2.25. The molecule has 1 aliphatic heterocycles. The average molecular weight is 372 g/mol. The molecule has 4 heterocycles. The van der Waals surface area contributed by atoms with Crippen molar-refractivity contribution in [1.29, 1.82) is 0 Å². The molecule has 0 aliphatic carbocycles. The van der Waals surface area contributed by atoms with Crippen LogP contribution in [-0.4, -0.2) is 38.0 Å². The number of hydrogen-bond donors (Lipinski definition) is 1. The SMILES string of the molecule is CCCC(c1ncnc2ccccc12)[C@@H]1CCN(c2ncnc3[nH]ccc23)C1. The highest BCUT2D eigenvalue weighted by molar-refractivity contribution is 5.87. The van der Waals surface area contributed by atoms with Gasteiger partial charge >= 0.3 is 0 Å². The van der Waals surface area contributed by atoms with E-state index in [9.17, 15) is 0 Å². The van der Waals surface area contributed by atoms with Crippen LogP contribution in [0.25, 0.3) is 21.9 Å². The number of para-hydroxylation sites is 1. The Morgan fingerprint density at radius 1 is 1.07 bits per heavy atom. The lowest BCUT2D eigenvalue weighted by Crippen LogP contribution is -2.23. The van der Waals surface area contributed by atoms with E-state index in [0.717, 1.165) is 54.7 Å². The third-order valence-electron chi connectivity index (χ3n) is 5.95.